The molecule has 0 atom stereocenters. The van der Waals surface area contributed by atoms with Crippen LogP contribution in [0.15, 0.2) is 24.7 Å². The molecule has 0 radical (unpaired) electrons. The summed E-state index contributed by atoms with van der Waals surface area (Å²) < 4.78 is 7.07. The van der Waals surface area contributed by atoms with E-state index in [1.54, 1.807) is 24.3 Å². The zero-order valence-corrected chi connectivity index (χ0v) is 11.7. The van der Waals surface area contributed by atoms with Gasteiger partial charge in [-0.3, -0.25) is 4.68 Å². The second-order valence-electron chi connectivity index (χ2n) is 5.41. The highest BCUT2D eigenvalue weighted by Crippen LogP contribution is 2.16. The Morgan fingerprint density at radius 1 is 1.32 bits per heavy atom. The molecule has 2 aromatic rings. The molecule has 6 heteroatoms. The molecule has 0 bridgehead atoms. The van der Waals surface area contributed by atoms with Crippen LogP contribution in [-0.4, -0.2) is 25.3 Å². The van der Waals surface area contributed by atoms with Crippen LogP contribution in [0.3, 0.4) is 0 Å². The van der Waals surface area contributed by atoms with Crippen molar-refractivity contribution in [3.63, 3.8) is 0 Å². The van der Waals surface area contributed by atoms with E-state index in [1.165, 1.54) is 0 Å². The minimum absolute atomic E-state index is 0.0762. The Bertz CT molecular complexity index is 544. The predicted molar refractivity (Wildman–Crippen MR) is 71.9 cm³/mol. The second-order valence-corrected chi connectivity index (χ2v) is 5.41. The third-order valence-corrected chi connectivity index (χ3v) is 2.40. The van der Waals surface area contributed by atoms with E-state index >= 15 is 0 Å². The standard InChI is InChI=1S/C13H19N5O/c1-13(2,3)16-8-10-5-6-14-11(7-10)19-12-15-9-18(4)17-12/h5-7,9,16H,8H2,1-4H3. The van der Waals surface area contributed by atoms with Crippen molar-refractivity contribution in [1.82, 2.24) is 25.1 Å². The van der Waals surface area contributed by atoms with E-state index < -0.39 is 0 Å². The lowest BCUT2D eigenvalue weighted by Crippen LogP contribution is -2.35. The molecular formula is C13H19N5O. The normalized spacial score (nSPS) is 11.6. The molecule has 0 aromatic carbocycles. The molecule has 0 fully saturated rings. The molecule has 19 heavy (non-hydrogen) atoms. The molecule has 0 aliphatic carbocycles. The Balaban J connectivity index is 2.02. The molecule has 0 saturated heterocycles. The summed E-state index contributed by atoms with van der Waals surface area (Å²) in [6, 6.07) is 4.14. The zero-order valence-electron chi connectivity index (χ0n) is 11.7. The first-order valence-corrected chi connectivity index (χ1v) is 6.16. The molecule has 0 spiro atoms. The van der Waals surface area contributed by atoms with Gasteiger partial charge in [0.15, 0.2) is 0 Å². The summed E-state index contributed by atoms with van der Waals surface area (Å²) in [4.78, 5) is 8.15. The van der Waals surface area contributed by atoms with Gasteiger partial charge in [0, 0.05) is 31.4 Å². The lowest BCUT2D eigenvalue weighted by molar-refractivity contribution is 0.413. The number of nitrogens with zero attached hydrogens (tertiary/aromatic N) is 4. The van der Waals surface area contributed by atoms with Gasteiger partial charge in [-0.05, 0) is 32.4 Å². The summed E-state index contributed by atoms with van der Waals surface area (Å²) in [5.74, 6) is 0.499. The maximum atomic E-state index is 5.49. The fraction of sp³-hybridized carbons (Fsp3) is 0.462. The first-order chi connectivity index (χ1) is 8.92. The quantitative estimate of drug-likeness (QED) is 0.910. The predicted octanol–water partition coefficient (Wildman–Crippen LogP) is 1.89. The molecular weight excluding hydrogens is 242 g/mol. The van der Waals surface area contributed by atoms with Crippen molar-refractivity contribution in [1.29, 1.82) is 0 Å². The van der Waals surface area contributed by atoms with E-state index in [4.69, 9.17) is 4.74 Å². The van der Waals surface area contributed by atoms with Gasteiger partial charge in [0.2, 0.25) is 5.88 Å². The summed E-state index contributed by atoms with van der Waals surface area (Å²) in [7, 11) is 1.79. The van der Waals surface area contributed by atoms with Gasteiger partial charge >= 0.3 is 6.01 Å². The van der Waals surface area contributed by atoms with E-state index in [-0.39, 0.29) is 5.54 Å². The van der Waals surface area contributed by atoms with Gasteiger partial charge in [-0.2, -0.15) is 4.98 Å². The Kier molecular flexibility index (Phi) is 3.80. The molecule has 6 nitrogen and oxygen atoms in total. The maximum Gasteiger partial charge on any atom is 0.342 e. The van der Waals surface area contributed by atoms with E-state index in [0.717, 1.165) is 12.1 Å². The van der Waals surface area contributed by atoms with Crippen LogP contribution in [0.25, 0.3) is 0 Å². The SMILES string of the molecule is Cn1cnc(Oc2cc(CNC(C)(C)C)ccn2)n1. The van der Waals surface area contributed by atoms with Gasteiger partial charge in [0.25, 0.3) is 0 Å². The summed E-state index contributed by atoms with van der Waals surface area (Å²) in [5, 5.41) is 7.46. The van der Waals surface area contributed by atoms with Crippen molar-refractivity contribution in [2.24, 2.45) is 7.05 Å². The number of nitrogens with one attached hydrogen (secondary N) is 1. The highest BCUT2D eigenvalue weighted by atomic mass is 16.5. The van der Waals surface area contributed by atoms with Gasteiger partial charge in [-0.25, -0.2) is 4.98 Å². The molecule has 2 aromatic heterocycles. The monoisotopic (exact) mass is 261 g/mol. The zero-order chi connectivity index (χ0) is 13.9. The van der Waals surface area contributed by atoms with Crippen molar-refractivity contribution >= 4 is 0 Å². The van der Waals surface area contributed by atoms with Crippen LogP contribution in [0.2, 0.25) is 0 Å². The van der Waals surface area contributed by atoms with Gasteiger partial charge in [0.1, 0.15) is 6.33 Å². The number of rotatable bonds is 4. The molecule has 0 unspecified atom stereocenters. The average Bonchev–Trinajstić information content (AvgIpc) is 2.72. The minimum Gasteiger partial charge on any atom is -0.404 e. The Labute approximate surface area is 112 Å². The van der Waals surface area contributed by atoms with Crippen LogP contribution in [-0.2, 0) is 13.6 Å². The molecule has 0 saturated carbocycles. The van der Waals surface area contributed by atoms with E-state index in [2.05, 4.69) is 41.2 Å². The van der Waals surface area contributed by atoms with Crippen molar-refractivity contribution in [3.05, 3.63) is 30.2 Å². The summed E-state index contributed by atoms with van der Waals surface area (Å²) in [6.45, 7) is 7.15. The number of ether oxygens (including phenoxy) is 1. The Morgan fingerprint density at radius 3 is 2.74 bits per heavy atom. The molecule has 2 heterocycles. The first-order valence-electron chi connectivity index (χ1n) is 6.16. The van der Waals surface area contributed by atoms with E-state index in [1.807, 2.05) is 12.1 Å². The lowest BCUT2D eigenvalue weighted by Gasteiger charge is -2.20. The summed E-state index contributed by atoms with van der Waals surface area (Å²) in [6.07, 6.45) is 3.30. The Morgan fingerprint density at radius 2 is 2.11 bits per heavy atom. The average molecular weight is 261 g/mol. The van der Waals surface area contributed by atoms with Crippen LogP contribution in [0.1, 0.15) is 26.3 Å². The maximum absolute atomic E-state index is 5.49. The topological polar surface area (TPSA) is 64.9 Å². The van der Waals surface area contributed by atoms with Crippen LogP contribution in [0.5, 0.6) is 11.9 Å². The van der Waals surface area contributed by atoms with Crippen molar-refractivity contribution in [2.75, 3.05) is 0 Å². The highest BCUT2D eigenvalue weighted by molar-refractivity contribution is 5.22. The van der Waals surface area contributed by atoms with Gasteiger partial charge in [0.05, 0.1) is 0 Å². The van der Waals surface area contributed by atoms with E-state index in [9.17, 15) is 0 Å². The number of pyridine rings is 1. The smallest absolute Gasteiger partial charge is 0.342 e. The van der Waals surface area contributed by atoms with Crippen molar-refractivity contribution < 1.29 is 4.74 Å². The molecule has 2 rings (SSSR count). The number of hydrogen-bond acceptors (Lipinski definition) is 5. The number of aryl methyl sites for hydroxylation is 1. The highest BCUT2D eigenvalue weighted by Gasteiger charge is 2.09. The lowest BCUT2D eigenvalue weighted by atomic mass is 10.1. The fourth-order valence-electron chi connectivity index (χ4n) is 1.44. The summed E-state index contributed by atoms with van der Waals surface area (Å²) >= 11 is 0. The Hall–Kier alpha value is -1.95. The number of aromatic nitrogens is 4. The van der Waals surface area contributed by atoms with Crippen molar-refractivity contribution in [2.45, 2.75) is 32.9 Å². The van der Waals surface area contributed by atoms with Gasteiger partial charge < -0.3 is 10.1 Å². The van der Waals surface area contributed by atoms with Gasteiger partial charge in [-0.15, -0.1) is 5.10 Å². The van der Waals surface area contributed by atoms with Crippen molar-refractivity contribution in [3.8, 4) is 11.9 Å². The third-order valence-electron chi connectivity index (χ3n) is 2.40. The number of hydrogen-bond donors (Lipinski definition) is 1. The molecule has 0 aliphatic heterocycles. The van der Waals surface area contributed by atoms with Crippen LogP contribution >= 0.6 is 0 Å². The second kappa shape index (κ2) is 5.36. The fourth-order valence-corrected chi connectivity index (χ4v) is 1.44. The van der Waals surface area contributed by atoms with Crippen LogP contribution in [0.4, 0.5) is 0 Å². The minimum atomic E-state index is 0.0762. The van der Waals surface area contributed by atoms with Crippen LogP contribution < -0.4 is 10.1 Å². The van der Waals surface area contributed by atoms with Crippen LogP contribution in [0, 0.1) is 0 Å². The first kappa shape index (κ1) is 13.5. The largest absolute Gasteiger partial charge is 0.404 e. The molecule has 1 N–H and O–H groups in total. The molecule has 0 amide bonds. The molecule has 0 aliphatic rings. The molecule has 102 valence electrons. The van der Waals surface area contributed by atoms with Gasteiger partial charge in [-0.1, -0.05) is 0 Å². The summed E-state index contributed by atoms with van der Waals surface area (Å²) in [5.41, 5.74) is 1.18. The third kappa shape index (κ3) is 4.33. The van der Waals surface area contributed by atoms with E-state index in [0.29, 0.717) is 11.9 Å².